The van der Waals surface area contributed by atoms with Crippen LogP contribution < -0.4 is 5.32 Å². The second-order valence-electron chi connectivity index (χ2n) is 4.87. The minimum Gasteiger partial charge on any atom is -0.343 e. The lowest BCUT2D eigenvalue weighted by molar-refractivity contribution is 1.21. The highest BCUT2D eigenvalue weighted by atomic mass is 15.0. The van der Waals surface area contributed by atoms with Gasteiger partial charge in [-0.3, -0.25) is 4.98 Å². The van der Waals surface area contributed by atoms with Gasteiger partial charge in [0.05, 0.1) is 23.3 Å². The molecule has 1 aliphatic heterocycles. The number of amidine groups is 1. The lowest BCUT2D eigenvalue weighted by Gasteiger charge is -2.04. The summed E-state index contributed by atoms with van der Waals surface area (Å²) in [6.45, 7) is 0. The van der Waals surface area contributed by atoms with Gasteiger partial charge in [-0.1, -0.05) is 36.4 Å². The number of aromatic nitrogens is 1. The number of pyridine rings is 1. The van der Waals surface area contributed by atoms with E-state index >= 15 is 0 Å². The molecule has 3 aromatic rings. The van der Waals surface area contributed by atoms with Gasteiger partial charge >= 0.3 is 0 Å². The number of rotatable bonds is 1. The molecule has 1 aromatic heterocycles. The zero-order valence-corrected chi connectivity index (χ0v) is 10.9. The second kappa shape index (κ2) is 4.46. The molecule has 0 bridgehead atoms. The number of nitrogens with zero attached hydrogens (tertiary/aromatic N) is 2. The molecule has 20 heavy (non-hydrogen) atoms. The zero-order valence-electron chi connectivity index (χ0n) is 10.9. The largest absolute Gasteiger partial charge is 0.343 e. The van der Waals surface area contributed by atoms with E-state index in [0.717, 1.165) is 40.2 Å². The summed E-state index contributed by atoms with van der Waals surface area (Å²) in [7, 11) is 0. The first-order valence-electron chi connectivity index (χ1n) is 6.67. The monoisotopic (exact) mass is 259 g/mol. The van der Waals surface area contributed by atoms with E-state index in [4.69, 9.17) is 4.98 Å². The number of nitrogens with one attached hydrogen (secondary N) is 1. The van der Waals surface area contributed by atoms with Crippen molar-refractivity contribution in [3.63, 3.8) is 0 Å². The summed E-state index contributed by atoms with van der Waals surface area (Å²) in [5.41, 5.74) is 4.11. The maximum atomic E-state index is 4.69. The normalized spacial score (nSPS) is 13.1. The van der Waals surface area contributed by atoms with Gasteiger partial charge in [-0.15, -0.1) is 0 Å². The van der Waals surface area contributed by atoms with Crippen molar-refractivity contribution in [2.45, 2.75) is 6.42 Å². The molecule has 2 heterocycles. The molecule has 1 aliphatic rings. The number of benzene rings is 2. The maximum absolute atomic E-state index is 4.69. The van der Waals surface area contributed by atoms with Crippen molar-refractivity contribution in [2.24, 2.45) is 4.99 Å². The molecule has 3 nitrogen and oxygen atoms in total. The van der Waals surface area contributed by atoms with Gasteiger partial charge in [-0.2, -0.15) is 0 Å². The average Bonchev–Trinajstić information content (AvgIpc) is 2.86. The van der Waals surface area contributed by atoms with Gasteiger partial charge in [-0.25, -0.2) is 4.99 Å². The van der Waals surface area contributed by atoms with Gasteiger partial charge < -0.3 is 5.32 Å². The molecule has 0 saturated heterocycles. The van der Waals surface area contributed by atoms with Crippen LogP contribution in [0.15, 0.2) is 65.7 Å². The van der Waals surface area contributed by atoms with Crippen LogP contribution in [0.25, 0.3) is 10.9 Å². The van der Waals surface area contributed by atoms with E-state index in [9.17, 15) is 0 Å². The highest BCUT2D eigenvalue weighted by Gasteiger charge is 2.16. The number of aliphatic imine (C=N–C) groups is 1. The quantitative estimate of drug-likeness (QED) is 0.719. The van der Waals surface area contributed by atoms with Crippen LogP contribution in [0.3, 0.4) is 0 Å². The van der Waals surface area contributed by atoms with Crippen molar-refractivity contribution in [1.82, 2.24) is 4.98 Å². The van der Waals surface area contributed by atoms with E-state index in [0.29, 0.717) is 0 Å². The molecule has 0 atom stereocenters. The highest BCUT2D eigenvalue weighted by molar-refractivity contribution is 6.02. The van der Waals surface area contributed by atoms with Gasteiger partial charge in [0.15, 0.2) is 0 Å². The number of para-hydroxylation sites is 2. The summed E-state index contributed by atoms with van der Waals surface area (Å²) in [4.78, 5) is 9.33. The standard InChI is InChI=1S/C17H13N3/c1-2-7-13(8-3-1)18-17-11-16-15(20-17)10-12-6-4-5-9-14(12)19-16/h1-10H,11H2,(H,18,20). The fourth-order valence-electron chi connectivity index (χ4n) is 2.48. The topological polar surface area (TPSA) is 37.3 Å². The third kappa shape index (κ3) is 1.93. The Balaban J connectivity index is 1.68. The van der Waals surface area contributed by atoms with Crippen molar-refractivity contribution in [2.75, 3.05) is 5.32 Å². The first-order valence-corrected chi connectivity index (χ1v) is 6.67. The Bertz CT molecular complexity index is 807. The van der Waals surface area contributed by atoms with Gasteiger partial charge in [0, 0.05) is 11.1 Å². The molecule has 0 spiro atoms. The summed E-state index contributed by atoms with van der Waals surface area (Å²) >= 11 is 0. The highest BCUT2D eigenvalue weighted by Crippen LogP contribution is 2.29. The molecule has 96 valence electrons. The molecule has 4 rings (SSSR count). The van der Waals surface area contributed by atoms with Crippen LogP contribution in [0.5, 0.6) is 0 Å². The van der Waals surface area contributed by atoms with Gasteiger partial charge in [-0.05, 0) is 24.3 Å². The Kier molecular flexibility index (Phi) is 2.49. The lowest BCUT2D eigenvalue weighted by atomic mass is 10.1. The average molecular weight is 259 g/mol. The smallest absolute Gasteiger partial charge is 0.113 e. The molecule has 0 aliphatic carbocycles. The lowest BCUT2D eigenvalue weighted by Crippen LogP contribution is -2.11. The summed E-state index contributed by atoms with van der Waals surface area (Å²) in [5, 5.41) is 4.49. The number of hydrogen-bond acceptors (Lipinski definition) is 3. The summed E-state index contributed by atoms with van der Waals surface area (Å²) in [6, 6.07) is 20.4. The summed E-state index contributed by atoms with van der Waals surface area (Å²) < 4.78 is 0. The minimum absolute atomic E-state index is 0.759. The van der Waals surface area contributed by atoms with E-state index < -0.39 is 0 Å². The summed E-state index contributed by atoms with van der Waals surface area (Å²) in [5.74, 6) is 0.953. The zero-order chi connectivity index (χ0) is 13.4. The van der Waals surface area contributed by atoms with E-state index in [1.54, 1.807) is 0 Å². The minimum atomic E-state index is 0.759. The Morgan fingerprint density at radius 1 is 0.900 bits per heavy atom. The fourth-order valence-corrected chi connectivity index (χ4v) is 2.48. The summed E-state index contributed by atoms with van der Waals surface area (Å²) in [6.07, 6.45) is 0.759. The molecule has 0 fully saturated rings. The van der Waals surface area contributed by atoms with Gasteiger partial charge in [0.25, 0.3) is 0 Å². The molecule has 0 amide bonds. The van der Waals surface area contributed by atoms with Gasteiger partial charge in [0.2, 0.25) is 0 Å². The van der Waals surface area contributed by atoms with Gasteiger partial charge in [0.1, 0.15) is 5.84 Å². The van der Waals surface area contributed by atoms with E-state index in [1.165, 1.54) is 0 Å². The Labute approximate surface area is 117 Å². The number of hydrogen-bond donors (Lipinski definition) is 1. The third-order valence-electron chi connectivity index (χ3n) is 3.43. The Morgan fingerprint density at radius 2 is 1.70 bits per heavy atom. The molecule has 0 radical (unpaired) electrons. The number of anilines is 1. The molecule has 0 saturated carbocycles. The van der Waals surface area contributed by atoms with E-state index in [-0.39, 0.29) is 0 Å². The van der Waals surface area contributed by atoms with Crippen LogP contribution in [0.2, 0.25) is 0 Å². The van der Waals surface area contributed by atoms with Crippen LogP contribution in [0, 0.1) is 0 Å². The van der Waals surface area contributed by atoms with Crippen molar-refractivity contribution < 1.29 is 0 Å². The fraction of sp³-hybridized carbons (Fsp3) is 0.0588. The number of fused-ring (bicyclic) bond motifs is 2. The van der Waals surface area contributed by atoms with Crippen LogP contribution in [-0.4, -0.2) is 10.8 Å². The SMILES string of the molecule is c1ccc(NC2=Nc3cc4ccccc4nc3C2)cc1. The Hall–Kier alpha value is -2.68. The van der Waals surface area contributed by atoms with Crippen molar-refractivity contribution >= 4 is 28.1 Å². The molecular weight excluding hydrogens is 246 g/mol. The van der Waals surface area contributed by atoms with Crippen LogP contribution in [-0.2, 0) is 6.42 Å². The van der Waals surface area contributed by atoms with Crippen LogP contribution >= 0.6 is 0 Å². The van der Waals surface area contributed by atoms with E-state index in [2.05, 4.69) is 22.4 Å². The maximum Gasteiger partial charge on any atom is 0.113 e. The van der Waals surface area contributed by atoms with E-state index in [1.807, 2.05) is 48.5 Å². The molecular formula is C17H13N3. The van der Waals surface area contributed by atoms with Crippen molar-refractivity contribution in [1.29, 1.82) is 0 Å². The third-order valence-corrected chi connectivity index (χ3v) is 3.43. The predicted octanol–water partition coefficient (Wildman–Crippen LogP) is 3.93. The molecule has 2 aromatic carbocycles. The van der Waals surface area contributed by atoms with Crippen molar-refractivity contribution in [3.8, 4) is 0 Å². The van der Waals surface area contributed by atoms with Crippen LogP contribution in [0.4, 0.5) is 11.4 Å². The van der Waals surface area contributed by atoms with Crippen molar-refractivity contribution in [3.05, 3.63) is 66.4 Å². The first-order chi connectivity index (χ1) is 9.88. The second-order valence-corrected chi connectivity index (χ2v) is 4.87. The molecule has 3 heteroatoms. The Morgan fingerprint density at radius 3 is 2.60 bits per heavy atom. The van der Waals surface area contributed by atoms with Crippen LogP contribution in [0.1, 0.15) is 5.69 Å². The predicted molar refractivity (Wildman–Crippen MR) is 82.6 cm³/mol. The first kappa shape index (κ1) is 11.2. The molecule has 1 N–H and O–H groups in total. The molecule has 0 unspecified atom stereocenters.